The number of nitrogens with one attached hydrogen (secondary N) is 2. The highest BCUT2D eigenvalue weighted by Gasteiger charge is 2.23. The number of carbonyl (C=O) groups excluding carboxylic acids is 1. The summed E-state index contributed by atoms with van der Waals surface area (Å²) in [5.41, 5.74) is 1.92. The molecule has 3 rings (SSSR count). The van der Waals surface area contributed by atoms with E-state index in [1.165, 1.54) is 0 Å². The molecule has 1 saturated heterocycles. The standard InChI is InChI=1S/C20H25N3O3/c1-25-18-9-7-16(8-10-18)19(23-11-13-26-14-12-23)15-21-20(24)22-17-5-3-2-4-6-17/h2-10,19H,11-15H2,1H3,(H2,21,22,24). The van der Waals surface area contributed by atoms with E-state index in [4.69, 9.17) is 9.47 Å². The van der Waals surface area contributed by atoms with E-state index in [0.717, 1.165) is 30.1 Å². The van der Waals surface area contributed by atoms with Crippen LogP contribution in [0.5, 0.6) is 5.75 Å². The van der Waals surface area contributed by atoms with E-state index in [2.05, 4.69) is 27.7 Å². The lowest BCUT2D eigenvalue weighted by Gasteiger charge is -2.35. The summed E-state index contributed by atoms with van der Waals surface area (Å²) in [6.45, 7) is 3.63. The molecule has 0 radical (unpaired) electrons. The van der Waals surface area contributed by atoms with Crippen LogP contribution < -0.4 is 15.4 Å². The monoisotopic (exact) mass is 355 g/mol. The van der Waals surface area contributed by atoms with Crippen molar-refractivity contribution >= 4 is 11.7 Å². The molecule has 0 bridgehead atoms. The summed E-state index contributed by atoms with van der Waals surface area (Å²) in [6.07, 6.45) is 0. The van der Waals surface area contributed by atoms with Gasteiger partial charge in [0, 0.05) is 25.3 Å². The number of anilines is 1. The van der Waals surface area contributed by atoms with Gasteiger partial charge in [-0.25, -0.2) is 4.79 Å². The molecule has 0 spiro atoms. The van der Waals surface area contributed by atoms with Gasteiger partial charge >= 0.3 is 6.03 Å². The molecule has 26 heavy (non-hydrogen) atoms. The summed E-state index contributed by atoms with van der Waals surface area (Å²) in [5.74, 6) is 0.823. The van der Waals surface area contributed by atoms with Crippen molar-refractivity contribution in [3.05, 3.63) is 60.2 Å². The average molecular weight is 355 g/mol. The van der Waals surface area contributed by atoms with E-state index in [1.54, 1.807) is 7.11 Å². The summed E-state index contributed by atoms with van der Waals surface area (Å²) in [5, 5.41) is 5.85. The Morgan fingerprint density at radius 2 is 1.81 bits per heavy atom. The van der Waals surface area contributed by atoms with Gasteiger partial charge < -0.3 is 20.1 Å². The summed E-state index contributed by atoms with van der Waals surface area (Å²) < 4.78 is 10.7. The largest absolute Gasteiger partial charge is 0.497 e. The van der Waals surface area contributed by atoms with Gasteiger partial charge in [-0.15, -0.1) is 0 Å². The molecule has 2 aromatic carbocycles. The number of amides is 2. The van der Waals surface area contributed by atoms with Crippen molar-refractivity contribution < 1.29 is 14.3 Å². The Balaban J connectivity index is 1.65. The van der Waals surface area contributed by atoms with Crippen LogP contribution in [0.3, 0.4) is 0 Å². The van der Waals surface area contributed by atoms with E-state index in [1.807, 2.05) is 42.5 Å². The number of carbonyl (C=O) groups is 1. The first-order valence-corrected chi connectivity index (χ1v) is 8.82. The number of urea groups is 1. The number of nitrogens with zero attached hydrogens (tertiary/aromatic N) is 1. The molecule has 138 valence electrons. The van der Waals surface area contributed by atoms with Gasteiger partial charge in [0.15, 0.2) is 0 Å². The predicted octanol–water partition coefficient (Wildman–Crippen LogP) is 2.89. The molecule has 2 aromatic rings. The Morgan fingerprint density at radius 3 is 2.46 bits per heavy atom. The minimum atomic E-state index is -0.206. The molecule has 1 heterocycles. The number of methoxy groups -OCH3 is 1. The first-order valence-electron chi connectivity index (χ1n) is 8.82. The Hall–Kier alpha value is -2.57. The number of ether oxygens (including phenoxy) is 2. The van der Waals surface area contributed by atoms with Crippen molar-refractivity contribution in [1.82, 2.24) is 10.2 Å². The van der Waals surface area contributed by atoms with E-state index < -0.39 is 0 Å². The number of hydrogen-bond acceptors (Lipinski definition) is 4. The van der Waals surface area contributed by atoms with Crippen LogP contribution in [0.25, 0.3) is 0 Å². The molecule has 6 nitrogen and oxygen atoms in total. The normalized spacial score (nSPS) is 15.9. The Bertz CT molecular complexity index is 685. The van der Waals surface area contributed by atoms with Gasteiger partial charge in [-0.3, -0.25) is 4.90 Å². The number of benzene rings is 2. The van der Waals surface area contributed by atoms with E-state index in [9.17, 15) is 4.79 Å². The number of hydrogen-bond donors (Lipinski definition) is 2. The molecule has 0 aliphatic carbocycles. The van der Waals surface area contributed by atoms with Gasteiger partial charge in [0.1, 0.15) is 5.75 Å². The number of para-hydroxylation sites is 1. The summed E-state index contributed by atoms with van der Waals surface area (Å²) in [7, 11) is 1.66. The van der Waals surface area contributed by atoms with Gasteiger partial charge in [0.05, 0.1) is 26.4 Å². The zero-order valence-electron chi connectivity index (χ0n) is 15.0. The molecule has 0 aromatic heterocycles. The minimum Gasteiger partial charge on any atom is -0.497 e. The zero-order valence-corrected chi connectivity index (χ0v) is 15.0. The highest BCUT2D eigenvalue weighted by atomic mass is 16.5. The molecule has 2 N–H and O–H groups in total. The van der Waals surface area contributed by atoms with Crippen molar-refractivity contribution in [2.45, 2.75) is 6.04 Å². The summed E-state index contributed by atoms with van der Waals surface area (Å²) in [6, 6.07) is 17.3. The van der Waals surface area contributed by atoms with Crippen LogP contribution in [0, 0.1) is 0 Å². The van der Waals surface area contributed by atoms with Crippen LogP contribution in [0.2, 0.25) is 0 Å². The SMILES string of the molecule is COc1ccc(C(CNC(=O)Nc2ccccc2)N2CCOCC2)cc1. The minimum absolute atomic E-state index is 0.0892. The van der Waals surface area contributed by atoms with E-state index in [-0.39, 0.29) is 12.1 Å². The molecular weight excluding hydrogens is 330 g/mol. The van der Waals surface area contributed by atoms with Crippen LogP contribution in [0.15, 0.2) is 54.6 Å². The fraction of sp³-hybridized carbons (Fsp3) is 0.350. The topological polar surface area (TPSA) is 62.8 Å². The van der Waals surface area contributed by atoms with Crippen molar-refractivity contribution in [2.24, 2.45) is 0 Å². The molecule has 1 aliphatic rings. The Morgan fingerprint density at radius 1 is 1.12 bits per heavy atom. The number of rotatable bonds is 6. The molecule has 0 saturated carbocycles. The van der Waals surface area contributed by atoms with Gasteiger partial charge in [-0.2, -0.15) is 0 Å². The second-order valence-corrected chi connectivity index (χ2v) is 6.14. The fourth-order valence-electron chi connectivity index (χ4n) is 3.06. The van der Waals surface area contributed by atoms with E-state index >= 15 is 0 Å². The first-order chi connectivity index (χ1) is 12.8. The maximum Gasteiger partial charge on any atom is 0.319 e. The number of morpholine rings is 1. The first kappa shape index (κ1) is 18.2. The quantitative estimate of drug-likeness (QED) is 0.836. The van der Waals surface area contributed by atoms with Crippen LogP contribution in [0.4, 0.5) is 10.5 Å². The highest BCUT2D eigenvalue weighted by Crippen LogP contribution is 2.23. The van der Waals surface area contributed by atoms with Gasteiger partial charge in [-0.05, 0) is 29.8 Å². The van der Waals surface area contributed by atoms with Crippen molar-refractivity contribution in [2.75, 3.05) is 45.3 Å². The molecule has 1 unspecified atom stereocenters. The van der Waals surface area contributed by atoms with E-state index in [0.29, 0.717) is 19.8 Å². The summed E-state index contributed by atoms with van der Waals surface area (Å²) in [4.78, 5) is 14.6. The van der Waals surface area contributed by atoms with Crippen LogP contribution >= 0.6 is 0 Å². The molecule has 6 heteroatoms. The lowest BCUT2D eigenvalue weighted by molar-refractivity contribution is 0.0167. The fourth-order valence-corrected chi connectivity index (χ4v) is 3.06. The molecule has 1 atom stereocenters. The van der Waals surface area contributed by atoms with Gasteiger partial charge in [-0.1, -0.05) is 30.3 Å². The zero-order chi connectivity index (χ0) is 18.2. The smallest absolute Gasteiger partial charge is 0.319 e. The average Bonchev–Trinajstić information content (AvgIpc) is 2.70. The lowest BCUT2D eigenvalue weighted by Crippen LogP contribution is -2.44. The molecule has 1 aliphatic heterocycles. The maximum atomic E-state index is 12.2. The molecular formula is C20H25N3O3. The van der Waals surface area contributed by atoms with Crippen molar-refractivity contribution in [3.63, 3.8) is 0 Å². The van der Waals surface area contributed by atoms with Crippen LogP contribution in [0.1, 0.15) is 11.6 Å². The third-order valence-electron chi connectivity index (χ3n) is 4.47. The third-order valence-corrected chi connectivity index (χ3v) is 4.47. The van der Waals surface area contributed by atoms with Crippen molar-refractivity contribution in [3.8, 4) is 5.75 Å². The summed E-state index contributed by atoms with van der Waals surface area (Å²) >= 11 is 0. The van der Waals surface area contributed by atoms with Gasteiger partial charge in [0.25, 0.3) is 0 Å². The predicted molar refractivity (Wildman–Crippen MR) is 102 cm³/mol. The van der Waals surface area contributed by atoms with Crippen LogP contribution in [-0.4, -0.2) is 50.9 Å². The Kier molecular flexibility index (Phi) is 6.46. The van der Waals surface area contributed by atoms with Crippen molar-refractivity contribution in [1.29, 1.82) is 0 Å². The molecule has 1 fully saturated rings. The second-order valence-electron chi connectivity index (χ2n) is 6.14. The van der Waals surface area contributed by atoms with Gasteiger partial charge in [0.2, 0.25) is 0 Å². The highest BCUT2D eigenvalue weighted by molar-refractivity contribution is 5.89. The third kappa shape index (κ3) is 4.97. The lowest BCUT2D eigenvalue weighted by atomic mass is 10.0. The van der Waals surface area contributed by atoms with Crippen LogP contribution in [-0.2, 0) is 4.74 Å². The molecule has 2 amide bonds. The Labute approximate surface area is 154 Å². The maximum absolute atomic E-state index is 12.2. The second kappa shape index (κ2) is 9.22.